The second-order valence-electron chi connectivity index (χ2n) is 6.24. The summed E-state index contributed by atoms with van der Waals surface area (Å²) in [6.45, 7) is 9.09. The molecule has 1 fully saturated rings. The van der Waals surface area contributed by atoms with Crippen LogP contribution in [-0.4, -0.2) is 68.3 Å². The van der Waals surface area contributed by atoms with Crippen LogP contribution >= 0.6 is 49.6 Å². The fourth-order valence-electron chi connectivity index (χ4n) is 2.84. The van der Waals surface area contributed by atoms with Crippen molar-refractivity contribution >= 4 is 55.6 Å². The predicted octanol–water partition coefficient (Wildman–Crippen LogP) is 2.44. The summed E-state index contributed by atoms with van der Waals surface area (Å²) in [5.41, 5.74) is 1.51. The van der Waals surface area contributed by atoms with Crippen molar-refractivity contribution < 1.29 is 9.90 Å². The molecule has 0 saturated carbocycles. The Morgan fingerprint density at radius 1 is 0.786 bits per heavy atom. The fraction of sp³-hybridized carbons (Fsp3) is 0.611. The first-order valence-electron chi connectivity index (χ1n) is 8.92. The van der Waals surface area contributed by atoms with E-state index in [2.05, 4.69) is 20.9 Å². The smallest absolute Gasteiger partial charge is 0.335 e. The van der Waals surface area contributed by atoms with Gasteiger partial charge in [-0.15, -0.1) is 49.6 Å². The predicted molar refractivity (Wildman–Crippen MR) is 126 cm³/mol. The highest BCUT2D eigenvalue weighted by Gasteiger charge is 2.08. The van der Waals surface area contributed by atoms with Crippen molar-refractivity contribution in [3.63, 3.8) is 0 Å². The monoisotopic (exact) mass is 478 g/mol. The Labute approximate surface area is 193 Å². The molecule has 0 aliphatic carbocycles. The molecule has 1 aliphatic rings. The average molecular weight is 480 g/mol. The second kappa shape index (κ2) is 20.0. The minimum absolute atomic E-state index is 0. The number of carboxylic acids is 1. The summed E-state index contributed by atoms with van der Waals surface area (Å²) in [6.07, 6.45) is 2.27. The van der Waals surface area contributed by atoms with Crippen LogP contribution in [0.3, 0.4) is 0 Å². The summed E-state index contributed by atoms with van der Waals surface area (Å²) < 4.78 is 0. The van der Waals surface area contributed by atoms with E-state index >= 15 is 0 Å². The van der Waals surface area contributed by atoms with Gasteiger partial charge in [0, 0.05) is 32.7 Å². The molecule has 0 aromatic heterocycles. The molecule has 0 atom stereocenters. The minimum Gasteiger partial charge on any atom is -0.478 e. The van der Waals surface area contributed by atoms with Gasteiger partial charge in [0.2, 0.25) is 0 Å². The molecular formula is C18H34Cl4N4O2. The first-order valence-corrected chi connectivity index (χ1v) is 8.92. The minimum atomic E-state index is -0.871. The van der Waals surface area contributed by atoms with E-state index in [0.717, 1.165) is 71.7 Å². The molecular weight excluding hydrogens is 446 g/mol. The van der Waals surface area contributed by atoms with E-state index in [1.54, 1.807) is 12.1 Å². The lowest BCUT2D eigenvalue weighted by Crippen LogP contribution is -2.36. The molecule has 1 aromatic rings. The maximum atomic E-state index is 10.9. The fourth-order valence-corrected chi connectivity index (χ4v) is 2.84. The Hall–Kier alpha value is -0.310. The van der Waals surface area contributed by atoms with Crippen molar-refractivity contribution in [1.82, 2.24) is 20.9 Å². The number of halogens is 4. The average Bonchev–Trinajstić information content (AvgIpc) is 2.58. The summed E-state index contributed by atoms with van der Waals surface area (Å²) in [4.78, 5) is 13.4. The molecule has 1 heterocycles. The molecule has 1 aliphatic heterocycles. The quantitative estimate of drug-likeness (QED) is 0.533. The number of hydrogen-bond donors (Lipinski definition) is 4. The lowest BCUT2D eigenvalue weighted by Gasteiger charge is -2.23. The topological polar surface area (TPSA) is 76.6 Å². The molecule has 0 bridgehead atoms. The van der Waals surface area contributed by atoms with Crippen LogP contribution in [0.5, 0.6) is 0 Å². The molecule has 0 unspecified atom stereocenters. The molecule has 28 heavy (non-hydrogen) atoms. The van der Waals surface area contributed by atoms with Gasteiger partial charge in [-0.2, -0.15) is 0 Å². The highest BCUT2D eigenvalue weighted by atomic mass is 35.5. The zero-order valence-electron chi connectivity index (χ0n) is 16.0. The number of aromatic carboxylic acids is 1. The molecule has 0 radical (unpaired) electrons. The Bertz CT molecular complexity index is 481. The molecule has 0 spiro atoms. The van der Waals surface area contributed by atoms with E-state index in [4.69, 9.17) is 5.11 Å². The summed E-state index contributed by atoms with van der Waals surface area (Å²) in [5, 5.41) is 19.4. The molecule has 4 N–H and O–H groups in total. The zero-order chi connectivity index (χ0) is 17.0. The third-order valence-electron chi connectivity index (χ3n) is 4.23. The Kier molecular flexibility index (Phi) is 23.1. The molecule has 1 aromatic carbocycles. The maximum absolute atomic E-state index is 10.9. The molecule has 0 amide bonds. The van der Waals surface area contributed by atoms with Crippen molar-refractivity contribution in [2.24, 2.45) is 0 Å². The number of nitrogens with one attached hydrogen (secondary N) is 3. The summed E-state index contributed by atoms with van der Waals surface area (Å²) in [6, 6.07) is 7.22. The van der Waals surface area contributed by atoms with E-state index in [1.165, 1.54) is 5.56 Å². The van der Waals surface area contributed by atoms with Crippen LogP contribution in [0.15, 0.2) is 24.3 Å². The highest BCUT2D eigenvalue weighted by molar-refractivity contribution is 5.87. The Balaban J connectivity index is -0.00000156. The number of carbonyl (C=O) groups is 1. The number of benzene rings is 1. The van der Waals surface area contributed by atoms with Crippen molar-refractivity contribution in [1.29, 1.82) is 0 Å². The number of nitrogens with zero attached hydrogens (tertiary/aromatic N) is 1. The summed E-state index contributed by atoms with van der Waals surface area (Å²) in [7, 11) is 0. The van der Waals surface area contributed by atoms with Crippen molar-refractivity contribution in [3.8, 4) is 0 Å². The van der Waals surface area contributed by atoms with Gasteiger partial charge >= 0.3 is 5.97 Å². The van der Waals surface area contributed by atoms with Crippen LogP contribution in [0.4, 0.5) is 0 Å². The first kappa shape index (κ1) is 32.4. The SMILES string of the molecule is Cl.Cl.Cl.Cl.O=C(O)c1ccc(CN2CCCNCCNCCCNCC2)cc1. The van der Waals surface area contributed by atoms with Gasteiger partial charge in [-0.25, -0.2) is 4.79 Å². The van der Waals surface area contributed by atoms with E-state index in [-0.39, 0.29) is 49.6 Å². The van der Waals surface area contributed by atoms with E-state index in [9.17, 15) is 4.79 Å². The molecule has 1 saturated heterocycles. The van der Waals surface area contributed by atoms with Crippen LogP contribution in [0.2, 0.25) is 0 Å². The van der Waals surface area contributed by atoms with Gasteiger partial charge in [0.25, 0.3) is 0 Å². The van der Waals surface area contributed by atoms with Crippen LogP contribution in [0, 0.1) is 0 Å². The van der Waals surface area contributed by atoms with Gasteiger partial charge in [-0.3, -0.25) is 4.90 Å². The van der Waals surface area contributed by atoms with Gasteiger partial charge in [0.1, 0.15) is 0 Å². The maximum Gasteiger partial charge on any atom is 0.335 e. The zero-order valence-corrected chi connectivity index (χ0v) is 19.3. The van der Waals surface area contributed by atoms with Gasteiger partial charge < -0.3 is 21.1 Å². The highest BCUT2D eigenvalue weighted by Crippen LogP contribution is 2.08. The van der Waals surface area contributed by atoms with Crippen LogP contribution in [0.25, 0.3) is 0 Å². The third-order valence-corrected chi connectivity index (χ3v) is 4.23. The lowest BCUT2D eigenvalue weighted by atomic mass is 10.1. The van der Waals surface area contributed by atoms with Crippen molar-refractivity contribution in [2.75, 3.05) is 52.4 Å². The molecule has 2 rings (SSSR count). The Morgan fingerprint density at radius 2 is 1.32 bits per heavy atom. The largest absolute Gasteiger partial charge is 0.478 e. The van der Waals surface area contributed by atoms with Crippen molar-refractivity contribution in [3.05, 3.63) is 35.4 Å². The number of rotatable bonds is 3. The van der Waals surface area contributed by atoms with Gasteiger partial charge in [-0.1, -0.05) is 12.1 Å². The number of hydrogen-bond acceptors (Lipinski definition) is 5. The van der Waals surface area contributed by atoms with Gasteiger partial charge in [-0.05, 0) is 56.7 Å². The van der Waals surface area contributed by atoms with Gasteiger partial charge in [0.05, 0.1) is 5.56 Å². The van der Waals surface area contributed by atoms with Gasteiger partial charge in [0.15, 0.2) is 0 Å². The normalized spacial score (nSPS) is 16.7. The number of carboxylic acid groups (broad SMARTS) is 1. The van der Waals surface area contributed by atoms with E-state index in [0.29, 0.717) is 5.56 Å². The Morgan fingerprint density at radius 3 is 1.89 bits per heavy atom. The van der Waals surface area contributed by atoms with Crippen LogP contribution < -0.4 is 16.0 Å². The molecule has 166 valence electrons. The van der Waals surface area contributed by atoms with E-state index in [1.807, 2.05) is 12.1 Å². The molecule has 10 heteroatoms. The van der Waals surface area contributed by atoms with Crippen LogP contribution in [-0.2, 0) is 6.54 Å². The summed E-state index contributed by atoms with van der Waals surface area (Å²) in [5.74, 6) is -0.871. The third kappa shape index (κ3) is 13.8. The standard InChI is InChI=1S/C18H30N4O2.4ClH/c23-18(24)17-5-3-16(4-6-17)15-22-13-2-9-20-11-10-19-7-1-8-21-12-14-22;;;;/h3-6,19-21H,1-2,7-15H2,(H,23,24);4*1H. The lowest BCUT2D eigenvalue weighted by molar-refractivity contribution is 0.0697. The summed E-state index contributed by atoms with van der Waals surface area (Å²) >= 11 is 0. The van der Waals surface area contributed by atoms with E-state index < -0.39 is 5.97 Å². The molecule has 6 nitrogen and oxygen atoms in total. The first-order chi connectivity index (χ1) is 11.8. The van der Waals surface area contributed by atoms with Crippen molar-refractivity contribution in [2.45, 2.75) is 19.4 Å². The van der Waals surface area contributed by atoms with Crippen LogP contribution in [0.1, 0.15) is 28.8 Å². The second-order valence-corrected chi connectivity index (χ2v) is 6.24.